The zero-order chi connectivity index (χ0) is 19.8. The van der Waals surface area contributed by atoms with E-state index in [1.165, 1.54) is 50.9 Å². The number of benzene rings is 1. The van der Waals surface area contributed by atoms with Crippen molar-refractivity contribution in [3.8, 4) is 11.3 Å². The van der Waals surface area contributed by atoms with Gasteiger partial charge in [0, 0.05) is 37.3 Å². The molecule has 2 aromatic rings. The number of halogens is 2. The number of rotatable bonds is 4. The first-order chi connectivity index (χ1) is 14.2. The highest BCUT2D eigenvalue weighted by atomic mass is 35.5. The lowest BCUT2D eigenvalue weighted by Crippen LogP contribution is -2.40. The molecular weight excluding hydrogens is 391 g/mol. The van der Waals surface area contributed by atoms with Crippen LogP contribution in [-0.2, 0) is 4.74 Å². The fourth-order valence-electron chi connectivity index (χ4n) is 5.22. The summed E-state index contributed by atoms with van der Waals surface area (Å²) in [5, 5.41) is 12.6. The van der Waals surface area contributed by atoms with Gasteiger partial charge >= 0.3 is 0 Å². The van der Waals surface area contributed by atoms with Gasteiger partial charge in [0.1, 0.15) is 11.6 Å². The zero-order valence-electron chi connectivity index (χ0n) is 16.4. The monoisotopic (exact) mass is 416 g/mol. The first-order valence-electron chi connectivity index (χ1n) is 10.5. The van der Waals surface area contributed by atoms with E-state index in [2.05, 4.69) is 20.4 Å². The van der Waals surface area contributed by atoms with Crippen molar-refractivity contribution in [2.45, 2.75) is 37.8 Å². The van der Waals surface area contributed by atoms with Gasteiger partial charge in [-0.05, 0) is 67.9 Å². The average molecular weight is 417 g/mol. The number of fused-ring (bicyclic) bond motifs is 1. The molecule has 1 aromatic carbocycles. The van der Waals surface area contributed by atoms with Gasteiger partial charge in [0.05, 0.1) is 17.3 Å². The second-order valence-corrected chi connectivity index (χ2v) is 8.99. The van der Waals surface area contributed by atoms with Gasteiger partial charge < -0.3 is 10.1 Å². The molecule has 1 aromatic heterocycles. The van der Waals surface area contributed by atoms with Crippen LogP contribution in [0, 0.1) is 17.7 Å². The third kappa shape index (κ3) is 4.11. The Balaban J connectivity index is 1.18. The number of hydrogen-bond donors (Lipinski definition) is 1. The highest BCUT2D eigenvalue weighted by Crippen LogP contribution is 2.40. The number of likely N-dealkylation sites (tertiary alicyclic amines) is 1. The van der Waals surface area contributed by atoms with Gasteiger partial charge in [-0.25, -0.2) is 4.39 Å². The van der Waals surface area contributed by atoms with Crippen LogP contribution in [0.15, 0.2) is 30.3 Å². The van der Waals surface area contributed by atoms with Crippen LogP contribution < -0.4 is 5.32 Å². The molecule has 0 radical (unpaired) electrons. The van der Waals surface area contributed by atoms with E-state index in [0.717, 1.165) is 30.9 Å². The Morgan fingerprint density at radius 1 is 1.10 bits per heavy atom. The summed E-state index contributed by atoms with van der Waals surface area (Å²) in [5.41, 5.74) is 1.14. The molecule has 3 aliphatic rings. The second kappa shape index (κ2) is 8.17. The lowest BCUT2D eigenvalue weighted by molar-refractivity contribution is 0.0239. The van der Waals surface area contributed by atoms with Crippen LogP contribution in [0.3, 0.4) is 0 Å². The molecule has 29 heavy (non-hydrogen) atoms. The van der Waals surface area contributed by atoms with Crippen molar-refractivity contribution in [1.29, 1.82) is 0 Å². The van der Waals surface area contributed by atoms with E-state index < -0.39 is 0 Å². The molecule has 4 atom stereocenters. The SMILES string of the molecule is Fc1ccc(Cl)c(-c2ccc(NC3C[C@@H]4CN(C5CCCOC5)C[C@@H]4C3)nn2)c1. The molecule has 2 saturated heterocycles. The zero-order valence-corrected chi connectivity index (χ0v) is 17.1. The molecule has 1 N–H and O–H groups in total. The average Bonchev–Trinajstić information content (AvgIpc) is 3.30. The van der Waals surface area contributed by atoms with Gasteiger partial charge in [0.15, 0.2) is 0 Å². The van der Waals surface area contributed by atoms with Crippen LogP contribution in [0.2, 0.25) is 5.02 Å². The fourth-order valence-corrected chi connectivity index (χ4v) is 5.43. The van der Waals surface area contributed by atoms with E-state index in [1.807, 2.05) is 12.1 Å². The Morgan fingerprint density at radius 2 is 1.93 bits per heavy atom. The second-order valence-electron chi connectivity index (χ2n) is 8.59. The number of hydrogen-bond acceptors (Lipinski definition) is 5. The summed E-state index contributed by atoms with van der Waals surface area (Å²) in [6.45, 7) is 4.21. The van der Waals surface area contributed by atoms with E-state index in [4.69, 9.17) is 16.3 Å². The molecule has 154 valence electrons. The van der Waals surface area contributed by atoms with Crippen LogP contribution in [0.25, 0.3) is 11.3 Å². The fraction of sp³-hybridized carbons (Fsp3) is 0.545. The maximum Gasteiger partial charge on any atom is 0.148 e. The minimum Gasteiger partial charge on any atom is -0.380 e. The van der Waals surface area contributed by atoms with Gasteiger partial charge in [-0.1, -0.05) is 11.6 Å². The Bertz CT molecular complexity index is 844. The van der Waals surface area contributed by atoms with E-state index in [0.29, 0.717) is 28.4 Å². The van der Waals surface area contributed by atoms with Crippen LogP contribution in [0.4, 0.5) is 10.2 Å². The van der Waals surface area contributed by atoms with Gasteiger partial charge in [-0.15, -0.1) is 10.2 Å². The standard InChI is InChI=1S/C22H26ClFN4O/c23-20-4-3-16(24)10-19(20)21-5-6-22(27-26-21)25-17-8-14-11-28(12-15(14)9-17)18-2-1-7-29-13-18/h3-6,10,14-15,17-18H,1-2,7-9,11-13H2,(H,25,27)/t14-,15+,17?,18?. The summed E-state index contributed by atoms with van der Waals surface area (Å²) in [7, 11) is 0. The predicted octanol–water partition coefficient (Wildman–Crippen LogP) is 4.24. The molecule has 3 fully saturated rings. The number of nitrogens with one attached hydrogen (secondary N) is 1. The molecule has 2 aliphatic heterocycles. The van der Waals surface area contributed by atoms with Crippen LogP contribution in [-0.4, -0.2) is 53.5 Å². The third-order valence-corrected chi connectivity index (χ3v) is 6.98. The molecule has 5 rings (SSSR count). The van der Waals surface area contributed by atoms with Crippen molar-refractivity contribution in [3.63, 3.8) is 0 Å². The molecule has 0 amide bonds. The number of aromatic nitrogens is 2. The highest BCUT2D eigenvalue weighted by molar-refractivity contribution is 6.33. The van der Waals surface area contributed by atoms with Gasteiger partial charge in [-0.2, -0.15) is 0 Å². The molecular formula is C22H26ClFN4O. The Hall–Kier alpha value is -1.76. The predicted molar refractivity (Wildman–Crippen MR) is 111 cm³/mol. The Morgan fingerprint density at radius 3 is 2.62 bits per heavy atom. The Labute approximate surface area is 175 Å². The van der Waals surface area contributed by atoms with Crippen molar-refractivity contribution >= 4 is 17.4 Å². The Kier molecular flexibility index (Phi) is 5.41. The first kappa shape index (κ1) is 19.2. The van der Waals surface area contributed by atoms with Gasteiger partial charge in [0.2, 0.25) is 0 Å². The van der Waals surface area contributed by atoms with E-state index in [1.54, 1.807) is 6.07 Å². The van der Waals surface area contributed by atoms with Crippen LogP contribution in [0.5, 0.6) is 0 Å². The molecule has 1 aliphatic carbocycles. The van der Waals surface area contributed by atoms with E-state index in [9.17, 15) is 4.39 Å². The lowest BCUT2D eigenvalue weighted by Gasteiger charge is -2.31. The number of anilines is 1. The smallest absolute Gasteiger partial charge is 0.148 e. The summed E-state index contributed by atoms with van der Waals surface area (Å²) in [4.78, 5) is 2.65. The summed E-state index contributed by atoms with van der Waals surface area (Å²) >= 11 is 6.17. The molecule has 0 bridgehead atoms. The number of ether oxygens (including phenoxy) is 1. The molecule has 3 heterocycles. The minimum atomic E-state index is -0.334. The molecule has 1 saturated carbocycles. The first-order valence-corrected chi connectivity index (χ1v) is 10.9. The van der Waals surface area contributed by atoms with E-state index in [-0.39, 0.29) is 5.82 Å². The summed E-state index contributed by atoms with van der Waals surface area (Å²) in [6, 6.07) is 9.08. The molecule has 2 unspecified atom stereocenters. The molecule has 5 nitrogen and oxygen atoms in total. The quantitative estimate of drug-likeness (QED) is 0.807. The van der Waals surface area contributed by atoms with Crippen molar-refractivity contribution < 1.29 is 9.13 Å². The van der Waals surface area contributed by atoms with Gasteiger partial charge in [-0.3, -0.25) is 4.90 Å². The summed E-state index contributed by atoms with van der Waals surface area (Å²) in [5.74, 6) is 1.95. The summed E-state index contributed by atoms with van der Waals surface area (Å²) in [6.07, 6.45) is 4.82. The van der Waals surface area contributed by atoms with Crippen LogP contribution >= 0.6 is 11.6 Å². The topological polar surface area (TPSA) is 50.3 Å². The summed E-state index contributed by atoms with van der Waals surface area (Å²) < 4.78 is 19.2. The highest BCUT2D eigenvalue weighted by Gasteiger charge is 2.42. The minimum absolute atomic E-state index is 0.334. The van der Waals surface area contributed by atoms with Crippen molar-refractivity contribution in [2.24, 2.45) is 11.8 Å². The normalized spacial score (nSPS) is 29.7. The van der Waals surface area contributed by atoms with Gasteiger partial charge in [0.25, 0.3) is 0 Å². The lowest BCUT2D eigenvalue weighted by atomic mass is 10.0. The van der Waals surface area contributed by atoms with E-state index >= 15 is 0 Å². The molecule has 7 heteroatoms. The maximum absolute atomic E-state index is 13.5. The van der Waals surface area contributed by atoms with Crippen molar-refractivity contribution in [2.75, 3.05) is 31.6 Å². The number of nitrogens with zero attached hydrogens (tertiary/aromatic N) is 3. The van der Waals surface area contributed by atoms with Crippen molar-refractivity contribution in [3.05, 3.63) is 41.2 Å². The largest absolute Gasteiger partial charge is 0.380 e. The third-order valence-electron chi connectivity index (χ3n) is 6.65. The van der Waals surface area contributed by atoms with Crippen LogP contribution in [0.1, 0.15) is 25.7 Å². The molecule has 0 spiro atoms. The maximum atomic E-state index is 13.5. The van der Waals surface area contributed by atoms with Crippen molar-refractivity contribution in [1.82, 2.24) is 15.1 Å².